The van der Waals surface area contributed by atoms with E-state index in [4.69, 9.17) is 0 Å². The Balaban J connectivity index is 0. The fourth-order valence-corrected chi connectivity index (χ4v) is 0.182. The van der Waals surface area contributed by atoms with Gasteiger partial charge in [-0.3, -0.25) is 0 Å². The minimum Gasteiger partial charge on any atom is -0.387 e. The quantitative estimate of drug-likeness (QED) is 0.298. The molecular formula is C6H6O3Sn. The number of carbonyl (C=O) groups is 2. The smallest absolute Gasteiger partial charge is 0.338 e. The summed E-state index contributed by atoms with van der Waals surface area (Å²) in [6, 6.07) is 0. The Morgan fingerprint density at radius 3 is 1.60 bits per heavy atom. The summed E-state index contributed by atoms with van der Waals surface area (Å²) in [7, 11) is 0. The molecule has 0 aromatic rings. The van der Waals surface area contributed by atoms with Crippen LogP contribution in [0, 0.1) is 0 Å². The van der Waals surface area contributed by atoms with E-state index < -0.39 is 11.9 Å². The molecule has 0 aliphatic heterocycles. The largest absolute Gasteiger partial charge is 0.387 e. The van der Waals surface area contributed by atoms with Gasteiger partial charge in [-0.15, -0.1) is 0 Å². The van der Waals surface area contributed by atoms with Crippen LogP contribution in [0.2, 0.25) is 0 Å². The maximum atomic E-state index is 10.2. The molecule has 10 heavy (non-hydrogen) atoms. The van der Waals surface area contributed by atoms with E-state index in [9.17, 15) is 9.59 Å². The van der Waals surface area contributed by atoms with E-state index in [-0.39, 0.29) is 23.9 Å². The first-order chi connectivity index (χ1) is 4.20. The summed E-state index contributed by atoms with van der Waals surface area (Å²) in [5.74, 6) is -1.53. The van der Waals surface area contributed by atoms with Gasteiger partial charge in [0.2, 0.25) is 0 Å². The monoisotopic (exact) mass is 246 g/mol. The summed E-state index contributed by atoms with van der Waals surface area (Å²) < 4.78 is 4.03. The summed E-state index contributed by atoms with van der Waals surface area (Å²) in [4.78, 5) is 20.3. The molecule has 0 saturated carbocycles. The van der Waals surface area contributed by atoms with Crippen molar-refractivity contribution in [2.24, 2.45) is 0 Å². The Morgan fingerprint density at radius 1 is 1.10 bits per heavy atom. The summed E-state index contributed by atoms with van der Waals surface area (Å²) in [6.45, 7) is 6.17. The second-order valence-electron chi connectivity index (χ2n) is 1.15. The molecule has 0 N–H and O–H groups in total. The first-order valence-corrected chi connectivity index (χ1v) is 2.21. The summed E-state index contributed by atoms with van der Waals surface area (Å²) in [6.07, 6.45) is 1.81. The molecule has 52 valence electrons. The molecule has 4 heteroatoms. The fourth-order valence-electron chi connectivity index (χ4n) is 0.182. The number of hydrogen-bond donors (Lipinski definition) is 0. The molecule has 0 saturated heterocycles. The van der Waals surface area contributed by atoms with Crippen molar-refractivity contribution in [3.63, 3.8) is 0 Å². The summed E-state index contributed by atoms with van der Waals surface area (Å²) in [5.41, 5.74) is 0. The molecule has 0 aliphatic rings. The molecule has 0 rings (SSSR count). The van der Waals surface area contributed by atoms with E-state index in [0.717, 1.165) is 12.2 Å². The number of ether oxygens (including phenoxy) is 1. The topological polar surface area (TPSA) is 43.4 Å². The maximum Gasteiger partial charge on any atom is 0.338 e. The van der Waals surface area contributed by atoms with Crippen molar-refractivity contribution < 1.29 is 14.3 Å². The van der Waals surface area contributed by atoms with Crippen LogP contribution < -0.4 is 0 Å². The standard InChI is InChI=1S/C6H6O3.Sn/c1-3-5(7)9-6(8)4-2;/h3-4H,1-2H2;. The second-order valence-corrected chi connectivity index (χ2v) is 1.15. The van der Waals surface area contributed by atoms with Gasteiger partial charge in [-0.1, -0.05) is 13.2 Å². The minimum absolute atomic E-state index is 0. The predicted octanol–water partition coefficient (Wildman–Crippen LogP) is 0.0474. The van der Waals surface area contributed by atoms with E-state index in [1.54, 1.807) is 0 Å². The van der Waals surface area contributed by atoms with Gasteiger partial charge in [0.25, 0.3) is 0 Å². The Morgan fingerprint density at radius 2 is 1.40 bits per heavy atom. The van der Waals surface area contributed by atoms with Crippen LogP contribution in [0.1, 0.15) is 0 Å². The van der Waals surface area contributed by atoms with Crippen molar-refractivity contribution >= 4 is 35.8 Å². The molecule has 0 heterocycles. The van der Waals surface area contributed by atoms with Gasteiger partial charge in [0.05, 0.1) is 0 Å². The summed E-state index contributed by atoms with van der Waals surface area (Å²) >= 11 is 0. The fraction of sp³-hybridized carbons (Fsp3) is 0. The molecule has 0 fully saturated rings. The second kappa shape index (κ2) is 6.54. The zero-order chi connectivity index (χ0) is 7.28. The number of esters is 2. The molecule has 0 aromatic heterocycles. The van der Waals surface area contributed by atoms with Crippen LogP contribution in [0.3, 0.4) is 0 Å². The molecule has 0 bridgehead atoms. The Bertz CT molecular complexity index is 144. The van der Waals surface area contributed by atoms with Crippen LogP contribution in [0.5, 0.6) is 0 Å². The average Bonchev–Trinajstić information content (AvgIpc) is 1.87. The van der Waals surface area contributed by atoms with Crippen molar-refractivity contribution in [3.05, 3.63) is 25.3 Å². The van der Waals surface area contributed by atoms with Gasteiger partial charge >= 0.3 is 11.9 Å². The van der Waals surface area contributed by atoms with Crippen molar-refractivity contribution in [2.45, 2.75) is 0 Å². The van der Waals surface area contributed by atoms with Crippen LogP contribution in [0.4, 0.5) is 0 Å². The van der Waals surface area contributed by atoms with E-state index in [2.05, 4.69) is 17.9 Å². The molecule has 0 atom stereocenters. The zero-order valence-electron chi connectivity index (χ0n) is 5.29. The normalized spacial score (nSPS) is 6.80. The number of carbonyl (C=O) groups excluding carboxylic acids is 2. The van der Waals surface area contributed by atoms with Gasteiger partial charge in [0, 0.05) is 36.1 Å². The van der Waals surface area contributed by atoms with E-state index in [1.807, 2.05) is 0 Å². The van der Waals surface area contributed by atoms with Crippen LogP contribution >= 0.6 is 0 Å². The first-order valence-electron chi connectivity index (χ1n) is 2.21. The van der Waals surface area contributed by atoms with E-state index in [0.29, 0.717) is 0 Å². The molecule has 0 aromatic carbocycles. The molecule has 0 spiro atoms. The maximum absolute atomic E-state index is 10.2. The van der Waals surface area contributed by atoms with Crippen LogP contribution in [0.15, 0.2) is 25.3 Å². The van der Waals surface area contributed by atoms with E-state index in [1.165, 1.54) is 0 Å². The van der Waals surface area contributed by atoms with Crippen molar-refractivity contribution in [1.29, 1.82) is 0 Å². The van der Waals surface area contributed by atoms with Crippen LogP contribution in [0.25, 0.3) is 0 Å². The van der Waals surface area contributed by atoms with Gasteiger partial charge < -0.3 is 4.74 Å². The number of rotatable bonds is 2. The van der Waals surface area contributed by atoms with Crippen molar-refractivity contribution in [3.8, 4) is 0 Å². The summed E-state index contributed by atoms with van der Waals surface area (Å²) in [5, 5.41) is 0. The van der Waals surface area contributed by atoms with Gasteiger partial charge in [0.1, 0.15) is 0 Å². The van der Waals surface area contributed by atoms with Gasteiger partial charge in [-0.05, 0) is 0 Å². The third-order valence-electron chi connectivity index (χ3n) is 0.535. The third kappa shape index (κ3) is 5.55. The SMILES string of the molecule is C=CC(=O)OC(=O)C=C.[Sn]. The Hall–Kier alpha value is -0.581. The van der Waals surface area contributed by atoms with Crippen molar-refractivity contribution in [1.82, 2.24) is 0 Å². The molecule has 0 amide bonds. The molecule has 0 aliphatic carbocycles. The average molecular weight is 245 g/mol. The van der Waals surface area contributed by atoms with Gasteiger partial charge in [-0.25, -0.2) is 9.59 Å². The predicted molar refractivity (Wildman–Crippen MR) is 37.2 cm³/mol. The molecule has 4 radical (unpaired) electrons. The zero-order valence-corrected chi connectivity index (χ0v) is 8.15. The minimum atomic E-state index is -0.764. The third-order valence-corrected chi connectivity index (χ3v) is 0.535. The first kappa shape index (κ1) is 12.1. The van der Waals surface area contributed by atoms with Crippen LogP contribution in [-0.2, 0) is 14.3 Å². The Labute approximate surface area is 75.7 Å². The van der Waals surface area contributed by atoms with Crippen LogP contribution in [-0.4, -0.2) is 35.8 Å². The van der Waals surface area contributed by atoms with Crippen molar-refractivity contribution in [2.75, 3.05) is 0 Å². The van der Waals surface area contributed by atoms with Gasteiger partial charge in [-0.2, -0.15) is 0 Å². The van der Waals surface area contributed by atoms with E-state index >= 15 is 0 Å². The van der Waals surface area contributed by atoms with Gasteiger partial charge in [0.15, 0.2) is 0 Å². The Kier molecular flexibility index (Phi) is 7.93. The molecular weight excluding hydrogens is 239 g/mol. The number of hydrogen-bond acceptors (Lipinski definition) is 3. The molecule has 3 nitrogen and oxygen atoms in total. The molecule has 0 unspecified atom stereocenters.